The Morgan fingerprint density at radius 1 is 1.03 bits per heavy atom. The molecule has 3 rings (SSSR count). The second kappa shape index (κ2) is 8.56. The topological polar surface area (TPSA) is 38.7 Å². The van der Waals surface area contributed by atoms with Crippen LogP contribution in [0.5, 0.6) is 5.75 Å². The largest absolute Gasteiger partial charge is 0.505 e. The molecule has 2 aromatic carbocycles. The van der Waals surface area contributed by atoms with Crippen molar-refractivity contribution in [1.29, 1.82) is 0 Å². The smallest absolute Gasteiger partial charge is 0.146 e. The van der Waals surface area contributed by atoms with Crippen LogP contribution in [0.25, 0.3) is 0 Å². The summed E-state index contributed by atoms with van der Waals surface area (Å²) in [6.07, 6.45) is 4.49. The number of hydrogen-bond donors (Lipinski definition) is 2. The van der Waals surface area contributed by atoms with E-state index < -0.39 is 0 Å². The summed E-state index contributed by atoms with van der Waals surface area (Å²) in [7, 11) is 0. The van der Waals surface area contributed by atoms with Gasteiger partial charge in [0.15, 0.2) is 0 Å². The third-order valence-corrected chi connectivity index (χ3v) is 5.98. The van der Waals surface area contributed by atoms with Crippen molar-refractivity contribution in [3.05, 3.63) is 47.5 Å². The van der Waals surface area contributed by atoms with Crippen molar-refractivity contribution in [2.75, 3.05) is 22.1 Å². The Balaban J connectivity index is 2.09. The Labute approximate surface area is 176 Å². The molecule has 0 spiro atoms. The minimum absolute atomic E-state index is 0.00424. The molecule has 4 nitrogen and oxygen atoms in total. The number of para-hydroxylation sites is 2. The maximum Gasteiger partial charge on any atom is 0.146 e. The highest BCUT2D eigenvalue weighted by Gasteiger charge is 2.31. The molecule has 158 valence electrons. The highest BCUT2D eigenvalue weighted by molar-refractivity contribution is 5.82. The number of phenolic OH excluding ortho intramolecular Hbond substituents is 1. The standard InChI is InChI=1S/C25H37N3O/c1-7-9-12-15-27-22-14-11-10-13-21(22)26-28(27)23-17-19(25(4,5)6)16-20(24(23)29)18(3)8-2/h10-11,13-14,16-18,26,29H,7-9,12,15H2,1-6H3/t18-/m0/s1. The summed E-state index contributed by atoms with van der Waals surface area (Å²) in [5.74, 6) is 0.683. The average Bonchev–Trinajstić information content (AvgIpc) is 3.05. The third-order valence-electron chi connectivity index (χ3n) is 5.98. The number of hydrazine groups is 2. The second-order valence-electron chi connectivity index (χ2n) is 9.26. The molecule has 4 heteroatoms. The number of aromatic hydroxyl groups is 1. The zero-order valence-corrected chi connectivity index (χ0v) is 18.9. The second-order valence-corrected chi connectivity index (χ2v) is 9.26. The molecule has 2 aromatic rings. The lowest BCUT2D eigenvalue weighted by Gasteiger charge is -2.34. The summed E-state index contributed by atoms with van der Waals surface area (Å²) in [5.41, 5.74) is 8.88. The molecule has 0 fully saturated rings. The Kier molecular flexibility index (Phi) is 6.30. The van der Waals surface area contributed by atoms with Gasteiger partial charge in [0.2, 0.25) is 0 Å². The summed E-state index contributed by atoms with van der Waals surface area (Å²) in [5, 5.41) is 15.6. The number of anilines is 3. The van der Waals surface area contributed by atoms with Gasteiger partial charge in [-0.3, -0.25) is 10.4 Å². The van der Waals surface area contributed by atoms with Crippen molar-refractivity contribution >= 4 is 17.1 Å². The van der Waals surface area contributed by atoms with Gasteiger partial charge in [-0.15, -0.1) is 0 Å². The van der Waals surface area contributed by atoms with Gasteiger partial charge in [0.1, 0.15) is 11.4 Å². The van der Waals surface area contributed by atoms with Gasteiger partial charge in [-0.25, -0.2) is 0 Å². The molecular weight excluding hydrogens is 358 g/mol. The monoisotopic (exact) mass is 395 g/mol. The SMILES string of the molecule is CCCCCN1c2ccccc2NN1c1cc(C(C)(C)C)cc([C@@H](C)CC)c1O. The van der Waals surface area contributed by atoms with Crippen LogP contribution < -0.4 is 15.6 Å². The van der Waals surface area contributed by atoms with Crippen molar-refractivity contribution in [3.8, 4) is 5.75 Å². The lowest BCUT2D eigenvalue weighted by atomic mass is 9.83. The van der Waals surface area contributed by atoms with Gasteiger partial charge in [0.05, 0.1) is 11.4 Å². The highest BCUT2D eigenvalue weighted by Crippen LogP contribution is 2.44. The summed E-state index contributed by atoms with van der Waals surface area (Å²) in [4.78, 5) is 0. The number of nitrogens with one attached hydrogen (secondary N) is 1. The van der Waals surface area contributed by atoms with Crippen LogP contribution in [0.1, 0.15) is 84.3 Å². The maximum atomic E-state index is 11.3. The van der Waals surface area contributed by atoms with Crippen LogP contribution in [0.4, 0.5) is 17.1 Å². The molecule has 0 amide bonds. The molecule has 1 aliphatic rings. The van der Waals surface area contributed by atoms with Crippen LogP contribution in [0, 0.1) is 0 Å². The Bertz CT molecular complexity index is 840. The van der Waals surface area contributed by atoms with Gasteiger partial charge in [-0.1, -0.05) is 72.6 Å². The molecule has 1 aliphatic heterocycles. The van der Waals surface area contributed by atoms with Crippen LogP contribution in [0.15, 0.2) is 36.4 Å². The number of rotatable bonds is 7. The van der Waals surface area contributed by atoms with Crippen LogP contribution in [0.2, 0.25) is 0 Å². The van der Waals surface area contributed by atoms with E-state index in [4.69, 9.17) is 0 Å². The molecule has 0 radical (unpaired) electrons. The minimum Gasteiger partial charge on any atom is -0.505 e. The summed E-state index contributed by atoms with van der Waals surface area (Å²) in [6.45, 7) is 14.2. The van der Waals surface area contributed by atoms with Gasteiger partial charge in [0.25, 0.3) is 0 Å². The zero-order valence-electron chi connectivity index (χ0n) is 18.9. The van der Waals surface area contributed by atoms with Gasteiger partial charge in [0, 0.05) is 6.54 Å². The van der Waals surface area contributed by atoms with Crippen molar-refractivity contribution in [3.63, 3.8) is 0 Å². The van der Waals surface area contributed by atoms with E-state index in [1.807, 2.05) is 0 Å². The van der Waals surface area contributed by atoms with E-state index in [9.17, 15) is 5.11 Å². The molecule has 1 atom stereocenters. The minimum atomic E-state index is 0.00424. The number of unbranched alkanes of at least 4 members (excludes halogenated alkanes) is 2. The lowest BCUT2D eigenvalue weighted by Crippen LogP contribution is -2.42. The number of phenols is 1. The molecule has 1 heterocycles. The molecule has 0 saturated carbocycles. The molecule has 0 aliphatic carbocycles. The lowest BCUT2D eigenvalue weighted by molar-refractivity contribution is 0.459. The molecule has 29 heavy (non-hydrogen) atoms. The first-order chi connectivity index (χ1) is 13.8. The van der Waals surface area contributed by atoms with Crippen molar-refractivity contribution in [2.45, 2.75) is 78.6 Å². The summed E-state index contributed by atoms with van der Waals surface area (Å²) in [6, 6.07) is 12.7. The van der Waals surface area contributed by atoms with Gasteiger partial charge in [-0.05, 0) is 53.5 Å². The highest BCUT2D eigenvalue weighted by atomic mass is 16.3. The quantitative estimate of drug-likeness (QED) is 0.497. The Morgan fingerprint density at radius 3 is 2.41 bits per heavy atom. The molecule has 0 unspecified atom stereocenters. The van der Waals surface area contributed by atoms with Crippen molar-refractivity contribution in [1.82, 2.24) is 0 Å². The van der Waals surface area contributed by atoms with Crippen molar-refractivity contribution in [2.24, 2.45) is 0 Å². The van der Waals surface area contributed by atoms with E-state index in [-0.39, 0.29) is 5.41 Å². The molecule has 0 saturated heterocycles. The number of hydrogen-bond acceptors (Lipinski definition) is 4. The van der Waals surface area contributed by atoms with Crippen LogP contribution in [-0.4, -0.2) is 11.7 Å². The summed E-state index contributed by atoms with van der Waals surface area (Å²) >= 11 is 0. The van der Waals surface area contributed by atoms with E-state index in [2.05, 4.69) is 93.5 Å². The average molecular weight is 396 g/mol. The van der Waals surface area contributed by atoms with Crippen molar-refractivity contribution < 1.29 is 5.11 Å². The third kappa shape index (κ3) is 4.31. The maximum absolute atomic E-state index is 11.3. The van der Waals surface area contributed by atoms with E-state index >= 15 is 0 Å². The summed E-state index contributed by atoms with van der Waals surface area (Å²) < 4.78 is 0. The predicted molar refractivity (Wildman–Crippen MR) is 125 cm³/mol. The van der Waals surface area contributed by atoms with Crippen LogP contribution in [0.3, 0.4) is 0 Å². The van der Waals surface area contributed by atoms with Gasteiger partial charge < -0.3 is 5.11 Å². The van der Waals surface area contributed by atoms with E-state index in [0.29, 0.717) is 11.7 Å². The van der Waals surface area contributed by atoms with Crippen LogP contribution in [-0.2, 0) is 5.41 Å². The number of nitrogens with zero attached hydrogens (tertiary/aromatic N) is 2. The normalized spacial score (nSPS) is 14.7. The van der Waals surface area contributed by atoms with Gasteiger partial charge in [-0.2, -0.15) is 5.12 Å². The van der Waals surface area contributed by atoms with Crippen LogP contribution >= 0.6 is 0 Å². The van der Waals surface area contributed by atoms with E-state index in [1.54, 1.807) is 0 Å². The molecule has 0 bridgehead atoms. The molecular formula is C25H37N3O. The molecule has 2 N–H and O–H groups in total. The fourth-order valence-corrected chi connectivity index (χ4v) is 3.83. The van der Waals surface area contributed by atoms with Gasteiger partial charge >= 0.3 is 0 Å². The molecule has 0 aromatic heterocycles. The first kappa shape index (κ1) is 21.4. The first-order valence-electron chi connectivity index (χ1n) is 11.1. The predicted octanol–water partition coefficient (Wildman–Crippen LogP) is 6.96. The number of fused-ring (bicyclic) bond motifs is 1. The van der Waals surface area contributed by atoms with E-state index in [0.717, 1.165) is 42.0 Å². The Morgan fingerprint density at radius 2 is 1.76 bits per heavy atom. The fourth-order valence-electron chi connectivity index (χ4n) is 3.83. The zero-order chi connectivity index (χ0) is 21.2. The Hall–Kier alpha value is -2.36. The fraction of sp³-hybridized carbons (Fsp3) is 0.520. The first-order valence-corrected chi connectivity index (χ1v) is 11.1. The number of benzene rings is 2. The van der Waals surface area contributed by atoms with E-state index in [1.165, 1.54) is 18.4 Å².